The Labute approximate surface area is 158 Å². The largest absolute Gasteiger partial charge is 0.464 e. The molecule has 0 fully saturated rings. The second kappa shape index (κ2) is 8.11. The maximum absolute atomic E-state index is 12.9. The van der Waals surface area contributed by atoms with Crippen molar-refractivity contribution in [3.8, 4) is 6.01 Å². The number of nitrogens with zero attached hydrogens (tertiary/aromatic N) is 4. The molecule has 1 aromatic carbocycles. The molecule has 0 bridgehead atoms. The molecule has 0 unspecified atom stereocenters. The van der Waals surface area contributed by atoms with Crippen LogP contribution in [-0.4, -0.2) is 26.7 Å². The maximum atomic E-state index is 12.9. The van der Waals surface area contributed by atoms with E-state index in [2.05, 4.69) is 30.7 Å². The average Bonchev–Trinajstić information content (AvgIpc) is 3.05. The van der Waals surface area contributed by atoms with Gasteiger partial charge in [-0.3, -0.25) is 0 Å². The Balaban J connectivity index is 1.80. The van der Waals surface area contributed by atoms with Gasteiger partial charge in [-0.25, -0.2) is 0 Å². The van der Waals surface area contributed by atoms with Gasteiger partial charge >= 0.3 is 12.2 Å². The molecule has 3 rings (SSSR count). The van der Waals surface area contributed by atoms with Crippen molar-refractivity contribution < 1.29 is 22.4 Å². The average molecular weight is 394 g/mol. The van der Waals surface area contributed by atoms with Crippen LogP contribution in [0.25, 0.3) is 0 Å². The smallest absolute Gasteiger partial charge is 0.416 e. The fourth-order valence-corrected chi connectivity index (χ4v) is 2.26. The molecule has 0 aliphatic heterocycles. The molecule has 0 aliphatic rings. The molecule has 0 atom stereocenters. The number of anilines is 3. The monoisotopic (exact) mass is 394 g/mol. The van der Waals surface area contributed by atoms with E-state index >= 15 is 0 Å². The molecule has 0 saturated carbocycles. The highest BCUT2D eigenvalue weighted by Crippen LogP contribution is 2.31. The molecule has 2 N–H and O–H groups in total. The summed E-state index contributed by atoms with van der Waals surface area (Å²) >= 11 is 0. The second-order valence-electron chi connectivity index (χ2n) is 5.68. The van der Waals surface area contributed by atoms with E-state index in [9.17, 15) is 13.2 Å². The predicted octanol–water partition coefficient (Wildman–Crippen LogP) is 3.94. The zero-order valence-corrected chi connectivity index (χ0v) is 15.0. The van der Waals surface area contributed by atoms with Crippen molar-refractivity contribution >= 4 is 17.6 Å². The Kier molecular flexibility index (Phi) is 5.62. The van der Waals surface area contributed by atoms with Crippen LogP contribution in [0.1, 0.15) is 23.9 Å². The first-order valence-corrected chi connectivity index (χ1v) is 8.32. The molecular formula is C17H17F3N6O2. The summed E-state index contributed by atoms with van der Waals surface area (Å²) in [7, 11) is 0. The number of nitrogens with one attached hydrogen (secondary N) is 2. The van der Waals surface area contributed by atoms with E-state index < -0.39 is 11.7 Å². The first-order chi connectivity index (χ1) is 13.3. The normalized spacial score (nSPS) is 11.3. The predicted molar refractivity (Wildman–Crippen MR) is 94.3 cm³/mol. The maximum Gasteiger partial charge on any atom is 0.416 e. The van der Waals surface area contributed by atoms with E-state index in [1.165, 1.54) is 12.1 Å². The molecule has 0 spiro atoms. The van der Waals surface area contributed by atoms with Gasteiger partial charge in [0.15, 0.2) is 0 Å². The van der Waals surface area contributed by atoms with E-state index in [0.29, 0.717) is 18.1 Å². The fraction of sp³-hybridized carbons (Fsp3) is 0.294. The third-order valence-electron chi connectivity index (χ3n) is 3.44. The number of hydrogen-bond acceptors (Lipinski definition) is 8. The van der Waals surface area contributed by atoms with Crippen LogP contribution >= 0.6 is 0 Å². The summed E-state index contributed by atoms with van der Waals surface area (Å²) in [5.74, 6) is 0.875. The Morgan fingerprint density at radius 2 is 1.89 bits per heavy atom. The van der Waals surface area contributed by atoms with Gasteiger partial charge in [0, 0.05) is 11.8 Å². The molecular weight excluding hydrogens is 377 g/mol. The van der Waals surface area contributed by atoms with Crippen LogP contribution < -0.4 is 15.4 Å². The lowest BCUT2D eigenvalue weighted by Crippen LogP contribution is -2.10. The first kappa shape index (κ1) is 19.4. The van der Waals surface area contributed by atoms with Crippen molar-refractivity contribution in [1.29, 1.82) is 0 Å². The molecule has 0 aliphatic carbocycles. The number of rotatable bonds is 7. The van der Waals surface area contributed by atoms with Crippen molar-refractivity contribution in [3.05, 3.63) is 47.3 Å². The summed E-state index contributed by atoms with van der Waals surface area (Å²) in [6, 6.07) is 6.50. The van der Waals surface area contributed by atoms with Crippen molar-refractivity contribution in [3.63, 3.8) is 0 Å². The number of aromatic nitrogens is 4. The molecule has 8 nitrogen and oxygen atoms in total. The molecule has 11 heteroatoms. The lowest BCUT2D eigenvalue weighted by atomic mass is 10.2. The van der Waals surface area contributed by atoms with Crippen LogP contribution in [0.15, 0.2) is 34.9 Å². The lowest BCUT2D eigenvalue weighted by Gasteiger charge is -2.11. The van der Waals surface area contributed by atoms with Gasteiger partial charge in [0.1, 0.15) is 11.5 Å². The van der Waals surface area contributed by atoms with Crippen molar-refractivity contribution in [2.75, 3.05) is 17.2 Å². The van der Waals surface area contributed by atoms with Gasteiger partial charge in [-0.1, -0.05) is 11.2 Å². The van der Waals surface area contributed by atoms with Gasteiger partial charge < -0.3 is 19.9 Å². The van der Waals surface area contributed by atoms with Crippen LogP contribution in [0.2, 0.25) is 0 Å². The van der Waals surface area contributed by atoms with Crippen molar-refractivity contribution in [2.24, 2.45) is 0 Å². The van der Waals surface area contributed by atoms with Gasteiger partial charge in [0.2, 0.25) is 11.9 Å². The Bertz CT molecular complexity index is 945. The van der Waals surface area contributed by atoms with Gasteiger partial charge in [0.25, 0.3) is 0 Å². The lowest BCUT2D eigenvalue weighted by molar-refractivity contribution is -0.137. The number of ether oxygens (including phenoxy) is 1. The summed E-state index contributed by atoms with van der Waals surface area (Å²) in [4.78, 5) is 12.3. The molecule has 0 radical (unpaired) electrons. The van der Waals surface area contributed by atoms with Crippen LogP contribution in [-0.2, 0) is 12.7 Å². The summed E-state index contributed by atoms with van der Waals surface area (Å²) in [5, 5.41) is 9.54. The van der Waals surface area contributed by atoms with Crippen LogP contribution in [0, 0.1) is 6.92 Å². The Hall–Kier alpha value is -3.37. The Morgan fingerprint density at radius 1 is 1.11 bits per heavy atom. The van der Waals surface area contributed by atoms with Crippen LogP contribution in [0.5, 0.6) is 6.01 Å². The minimum atomic E-state index is -4.45. The number of hydrogen-bond donors (Lipinski definition) is 2. The highest BCUT2D eigenvalue weighted by Gasteiger charge is 2.30. The Morgan fingerprint density at radius 3 is 2.57 bits per heavy atom. The molecule has 2 aromatic heterocycles. The molecule has 0 amide bonds. The van der Waals surface area contributed by atoms with E-state index in [1.54, 1.807) is 19.9 Å². The second-order valence-corrected chi connectivity index (χ2v) is 5.68. The van der Waals surface area contributed by atoms with E-state index in [4.69, 9.17) is 9.26 Å². The standard InChI is InChI=1S/C17H17F3N6O2/c1-3-27-16-24-14(21-9-13-7-10(2)28-26-13)23-15(25-16)22-12-6-4-5-11(8-12)17(18,19)20/h4-8H,3,9H2,1-2H3,(H2,21,22,23,24,25). The van der Waals surface area contributed by atoms with Crippen molar-refractivity contribution in [2.45, 2.75) is 26.6 Å². The van der Waals surface area contributed by atoms with Gasteiger partial charge in [-0.05, 0) is 32.0 Å². The summed E-state index contributed by atoms with van der Waals surface area (Å²) in [5.41, 5.74) is 0.0427. The number of alkyl halides is 3. The molecule has 0 saturated heterocycles. The van der Waals surface area contributed by atoms with E-state index in [0.717, 1.165) is 12.1 Å². The third kappa shape index (κ3) is 5.09. The number of aryl methyl sites for hydroxylation is 1. The quantitative estimate of drug-likeness (QED) is 0.622. The molecule has 2 heterocycles. The highest BCUT2D eigenvalue weighted by atomic mass is 19.4. The van der Waals surface area contributed by atoms with E-state index in [1.807, 2.05) is 0 Å². The molecule has 148 valence electrons. The SMILES string of the molecule is CCOc1nc(NCc2cc(C)on2)nc(Nc2cccc(C(F)(F)F)c2)n1. The minimum absolute atomic E-state index is 0.0332. The zero-order valence-electron chi connectivity index (χ0n) is 15.0. The van der Waals surface area contributed by atoms with E-state index in [-0.39, 0.29) is 30.1 Å². The number of benzene rings is 1. The zero-order chi connectivity index (χ0) is 20.1. The highest BCUT2D eigenvalue weighted by molar-refractivity contribution is 5.55. The van der Waals surface area contributed by atoms with Gasteiger partial charge in [-0.2, -0.15) is 28.1 Å². The van der Waals surface area contributed by atoms with Crippen LogP contribution in [0.4, 0.5) is 30.8 Å². The summed E-state index contributed by atoms with van der Waals surface area (Å²) < 4.78 is 48.9. The minimum Gasteiger partial charge on any atom is -0.464 e. The third-order valence-corrected chi connectivity index (χ3v) is 3.44. The van der Waals surface area contributed by atoms with Gasteiger partial charge in [-0.15, -0.1) is 0 Å². The first-order valence-electron chi connectivity index (χ1n) is 8.32. The van der Waals surface area contributed by atoms with Gasteiger partial charge in [0.05, 0.1) is 18.7 Å². The number of halogens is 3. The van der Waals surface area contributed by atoms with Crippen molar-refractivity contribution in [1.82, 2.24) is 20.1 Å². The molecule has 28 heavy (non-hydrogen) atoms. The fourth-order valence-electron chi connectivity index (χ4n) is 2.26. The van der Waals surface area contributed by atoms with Crippen LogP contribution in [0.3, 0.4) is 0 Å². The summed E-state index contributed by atoms with van der Waals surface area (Å²) in [6.45, 7) is 4.13. The molecule has 3 aromatic rings. The topological polar surface area (TPSA) is 98.0 Å². The summed E-state index contributed by atoms with van der Waals surface area (Å²) in [6.07, 6.45) is -4.45.